The van der Waals surface area contributed by atoms with E-state index in [9.17, 15) is 14.4 Å². The van der Waals surface area contributed by atoms with Crippen LogP contribution in [0.3, 0.4) is 0 Å². The lowest BCUT2D eigenvalue weighted by molar-refractivity contribution is 0.0243. The van der Waals surface area contributed by atoms with Crippen molar-refractivity contribution >= 4 is 34.8 Å². The van der Waals surface area contributed by atoms with E-state index in [0.717, 1.165) is 24.1 Å². The highest BCUT2D eigenvalue weighted by molar-refractivity contribution is 7.13. The van der Waals surface area contributed by atoms with Crippen LogP contribution in [0.2, 0.25) is 0 Å². The number of nitrogens with one attached hydrogen (secondary N) is 1. The van der Waals surface area contributed by atoms with Gasteiger partial charge in [-0.3, -0.25) is 19.3 Å². The van der Waals surface area contributed by atoms with Crippen LogP contribution in [-0.2, 0) is 15.9 Å². The predicted octanol–water partition coefficient (Wildman–Crippen LogP) is 5.15. The maximum atomic E-state index is 13.4. The summed E-state index contributed by atoms with van der Waals surface area (Å²) in [4.78, 5) is 50.4. The number of Topliss-reactive ketones (excluding diaryl/α,β-unsaturated/α-hetero) is 1. The van der Waals surface area contributed by atoms with E-state index in [1.165, 1.54) is 11.3 Å². The smallest absolute Gasteiger partial charge is 0.410 e. The fourth-order valence-electron chi connectivity index (χ4n) is 4.89. The van der Waals surface area contributed by atoms with E-state index in [-0.39, 0.29) is 29.6 Å². The zero-order valence-electron chi connectivity index (χ0n) is 23.7. The third-order valence-corrected chi connectivity index (χ3v) is 7.85. The van der Waals surface area contributed by atoms with Crippen LogP contribution >= 0.6 is 11.3 Å². The molecule has 0 aliphatic carbocycles. The second-order valence-corrected chi connectivity index (χ2v) is 12.2. The molecule has 41 heavy (non-hydrogen) atoms. The highest BCUT2D eigenvalue weighted by Gasteiger charge is 2.26. The number of nitrogens with zero attached hydrogens (tertiary/aromatic N) is 5. The Morgan fingerprint density at radius 1 is 1.15 bits per heavy atom. The number of hydrogen-bond acceptors (Lipinski definition) is 9. The number of ether oxygens (including phenoxy) is 2. The lowest BCUT2D eigenvalue weighted by atomic mass is 10.1. The molecule has 5 rings (SSSR count). The maximum Gasteiger partial charge on any atom is 0.410 e. The van der Waals surface area contributed by atoms with E-state index in [4.69, 9.17) is 9.47 Å². The van der Waals surface area contributed by atoms with Crippen LogP contribution in [0.5, 0.6) is 0 Å². The molecule has 0 aromatic carbocycles. The summed E-state index contributed by atoms with van der Waals surface area (Å²) in [5.41, 5.74) is 1.95. The molecule has 0 unspecified atom stereocenters. The molecule has 218 valence electrons. The number of carbonyl (C=O) groups excluding carboxylic acids is 3. The molecular weight excluding hydrogens is 544 g/mol. The quantitative estimate of drug-likeness (QED) is 0.418. The average Bonchev–Trinajstić information content (AvgIpc) is 3.60. The van der Waals surface area contributed by atoms with Crippen molar-refractivity contribution in [3.8, 4) is 10.6 Å². The Labute approximate surface area is 243 Å². The molecule has 2 aliphatic heterocycles. The van der Waals surface area contributed by atoms with Gasteiger partial charge in [0.2, 0.25) is 0 Å². The highest BCUT2D eigenvalue weighted by atomic mass is 32.1. The van der Waals surface area contributed by atoms with Gasteiger partial charge in [0, 0.05) is 61.8 Å². The van der Waals surface area contributed by atoms with Crippen molar-refractivity contribution in [1.82, 2.24) is 24.6 Å². The highest BCUT2D eigenvalue weighted by Crippen LogP contribution is 2.28. The molecule has 2 aliphatic rings. The largest absolute Gasteiger partial charge is 0.444 e. The monoisotopic (exact) mass is 580 g/mol. The minimum atomic E-state index is -0.633. The zero-order chi connectivity index (χ0) is 29.0. The summed E-state index contributed by atoms with van der Waals surface area (Å²) < 4.78 is 12.9. The van der Waals surface area contributed by atoms with Gasteiger partial charge in [-0.05, 0) is 65.0 Å². The predicted molar refractivity (Wildman–Crippen MR) is 154 cm³/mol. The number of fused-ring (bicyclic) bond motifs is 6. The Morgan fingerprint density at radius 2 is 1.90 bits per heavy atom. The Bertz CT molecular complexity index is 1400. The molecule has 0 radical (unpaired) electrons. The average molecular weight is 581 g/mol. The lowest BCUT2D eigenvalue weighted by Gasteiger charge is -2.27. The molecule has 0 saturated carbocycles. The third kappa shape index (κ3) is 7.36. The SMILES string of the molecule is CC(C)(C)OC(=O)N1CCCC(=O)c2nn(C3CCOCC3)cc2NC(=O)c2csc(n2)-c2ccnc(c2)CCC1. The number of aromatic nitrogens is 4. The van der Waals surface area contributed by atoms with Crippen molar-refractivity contribution < 1.29 is 23.9 Å². The number of anilines is 1. The molecule has 2 amide bonds. The van der Waals surface area contributed by atoms with Gasteiger partial charge in [0.25, 0.3) is 5.91 Å². The van der Waals surface area contributed by atoms with E-state index in [1.54, 1.807) is 27.4 Å². The number of ketones is 1. The molecule has 1 fully saturated rings. The molecule has 11 nitrogen and oxygen atoms in total. The van der Waals surface area contributed by atoms with Gasteiger partial charge in [-0.1, -0.05) is 0 Å². The van der Waals surface area contributed by atoms with Crippen molar-refractivity contribution in [2.75, 3.05) is 31.6 Å². The molecular formula is C29H36N6O5S. The number of aryl methyl sites for hydroxylation is 1. The minimum absolute atomic E-state index is 0.0805. The van der Waals surface area contributed by atoms with Crippen LogP contribution in [0.25, 0.3) is 10.6 Å². The first-order valence-electron chi connectivity index (χ1n) is 14.1. The molecule has 3 aromatic rings. The van der Waals surface area contributed by atoms with Crippen molar-refractivity contribution in [2.45, 2.75) is 70.9 Å². The number of carbonyl (C=O) groups is 3. The van der Waals surface area contributed by atoms with Crippen LogP contribution in [0, 0.1) is 0 Å². The summed E-state index contributed by atoms with van der Waals surface area (Å²) in [6.07, 6.45) is 6.53. The molecule has 4 bridgehead atoms. The standard InChI is InChI=1S/C29H36N6O5S/c1-29(2,3)40-28(38)34-12-4-6-20-16-19(8-11-30-20)27-32-23(18-41-27)26(37)31-22-17-35(21-9-14-39-15-10-21)33-25(22)24(36)7-5-13-34/h8,11,16-18,21H,4-7,9-10,12-15H2,1-3H3,(H,31,37). The van der Waals surface area contributed by atoms with Gasteiger partial charge < -0.3 is 19.7 Å². The van der Waals surface area contributed by atoms with Crippen LogP contribution in [0.15, 0.2) is 29.9 Å². The fraction of sp³-hybridized carbons (Fsp3) is 0.517. The number of hydrogen-bond donors (Lipinski definition) is 1. The van der Waals surface area contributed by atoms with Gasteiger partial charge in [-0.15, -0.1) is 11.3 Å². The second-order valence-electron chi connectivity index (χ2n) is 11.3. The van der Waals surface area contributed by atoms with E-state index in [2.05, 4.69) is 20.4 Å². The Hall–Kier alpha value is -3.64. The topological polar surface area (TPSA) is 129 Å². The Kier molecular flexibility index (Phi) is 8.79. The summed E-state index contributed by atoms with van der Waals surface area (Å²) >= 11 is 1.37. The van der Waals surface area contributed by atoms with Crippen LogP contribution in [0.1, 0.15) is 85.6 Å². The van der Waals surface area contributed by atoms with Gasteiger partial charge in [0.1, 0.15) is 16.3 Å². The Morgan fingerprint density at radius 3 is 2.66 bits per heavy atom. The van der Waals surface area contributed by atoms with Gasteiger partial charge in [0.05, 0.1) is 11.7 Å². The number of thiazole rings is 1. The van der Waals surface area contributed by atoms with E-state index in [1.807, 2.05) is 32.9 Å². The van der Waals surface area contributed by atoms with Crippen LogP contribution in [-0.4, -0.2) is 74.3 Å². The third-order valence-electron chi connectivity index (χ3n) is 6.95. The molecule has 12 heteroatoms. The minimum Gasteiger partial charge on any atom is -0.444 e. The fourth-order valence-corrected chi connectivity index (χ4v) is 5.69. The summed E-state index contributed by atoms with van der Waals surface area (Å²) in [6.45, 7) is 7.57. The zero-order valence-corrected chi connectivity index (χ0v) is 24.5. The van der Waals surface area contributed by atoms with E-state index in [0.29, 0.717) is 56.3 Å². The molecule has 0 spiro atoms. The van der Waals surface area contributed by atoms with Crippen molar-refractivity contribution in [3.05, 3.63) is 47.0 Å². The number of amides is 2. The number of pyridine rings is 1. The van der Waals surface area contributed by atoms with Crippen LogP contribution in [0.4, 0.5) is 10.5 Å². The lowest BCUT2D eigenvalue weighted by Crippen LogP contribution is -2.38. The molecule has 3 aromatic heterocycles. The number of rotatable bonds is 1. The summed E-state index contributed by atoms with van der Waals surface area (Å²) in [6, 6.07) is 3.91. The van der Waals surface area contributed by atoms with Gasteiger partial charge in [-0.2, -0.15) is 5.10 Å². The first kappa shape index (κ1) is 28.9. The van der Waals surface area contributed by atoms with Gasteiger partial charge in [-0.25, -0.2) is 9.78 Å². The molecule has 5 heterocycles. The van der Waals surface area contributed by atoms with Crippen molar-refractivity contribution in [2.24, 2.45) is 0 Å². The Balaban J connectivity index is 1.45. The molecule has 1 saturated heterocycles. The normalized spacial score (nSPS) is 17.8. The molecule has 0 atom stereocenters. The molecule has 1 N–H and O–H groups in total. The summed E-state index contributed by atoms with van der Waals surface area (Å²) in [5, 5.41) is 9.92. The summed E-state index contributed by atoms with van der Waals surface area (Å²) in [5.74, 6) is -0.603. The second kappa shape index (κ2) is 12.5. The van der Waals surface area contributed by atoms with Crippen LogP contribution < -0.4 is 5.32 Å². The first-order valence-corrected chi connectivity index (χ1v) is 14.9. The first-order chi connectivity index (χ1) is 19.7. The van der Waals surface area contributed by atoms with Crippen molar-refractivity contribution in [3.63, 3.8) is 0 Å². The summed E-state index contributed by atoms with van der Waals surface area (Å²) in [7, 11) is 0. The van der Waals surface area contributed by atoms with Gasteiger partial charge >= 0.3 is 6.09 Å². The van der Waals surface area contributed by atoms with E-state index >= 15 is 0 Å². The van der Waals surface area contributed by atoms with Crippen molar-refractivity contribution in [1.29, 1.82) is 0 Å². The van der Waals surface area contributed by atoms with E-state index < -0.39 is 17.6 Å². The van der Waals surface area contributed by atoms with Gasteiger partial charge in [0.15, 0.2) is 11.5 Å². The maximum absolute atomic E-state index is 13.4.